The Balaban J connectivity index is 2.02. The number of hydrogen-bond acceptors (Lipinski definition) is 3. The lowest BCUT2D eigenvalue weighted by molar-refractivity contribution is 0.125. The zero-order valence-electron chi connectivity index (χ0n) is 10.0. The van der Waals surface area contributed by atoms with Gasteiger partial charge in [-0.2, -0.15) is 0 Å². The average molecular weight is 220 g/mol. The molecule has 0 radical (unpaired) electrons. The van der Waals surface area contributed by atoms with Crippen LogP contribution in [0.2, 0.25) is 0 Å². The number of aliphatic hydroxyl groups excluding tert-OH is 1. The third-order valence-corrected chi connectivity index (χ3v) is 3.43. The molecule has 0 spiro atoms. The van der Waals surface area contributed by atoms with Gasteiger partial charge in [-0.3, -0.25) is 4.90 Å². The molecule has 1 aromatic carbocycles. The topological polar surface area (TPSA) is 35.5 Å². The second-order valence-electron chi connectivity index (χ2n) is 4.88. The fraction of sp³-hybridized carbons (Fsp3) is 0.538. The van der Waals surface area contributed by atoms with Gasteiger partial charge in [0.2, 0.25) is 0 Å². The van der Waals surface area contributed by atoms with Gasteiger partial charge in [0.15, 0.2) is 0 Å². The van der Waals surface area contributed by atoms with Crippen molar-refractivity contribution in [2.75, 3.05) is 20.2 Å². The van der Waals surface area contributed by atoms with Crippen LogP contribution in [-0.2, 0) is 13.1 Å². The third kappa shape index (κ3) is 2.26. The standard InChI is InChI=1S/C13H20N2O/c1-13(10-16,14-2)9-15-7-11-5-3-4-6-12(11)8-15/h3-6,14,16H,7-10H2,1-2H3. The highest BCUT2D eigenvalue weighted by Gasteiger charge is 2.27. The van der Waals surface area contributed by atoms with Crippen molar-refractivity contribution in [3.63, 3.8) is 0 Å². The molecule has 88 valence electrons. The first-order chi connectivity index (χ1) is 7.67. The van der Waals surface area contributed by atoms with Gasteiger partial charge < -0.3 is 10.4 Å². The second kappa shape index (κ2) is 4.53. The molecule has 2 N–H and O–H groups in total. The summed E-state index contributed by atoms with van der Waals surface area (Å²) in [7, 11) is 1.90. The normalized spacial score (nSPS) is 19.4. The van der Waals surface area contributed by atoms with Crippen molar-refractivity contribution in [3.8, 4) is 0 Å². The van der Waals surface area contributed by atoms with Gasteiger partial charge in [0.25, 0.3) is 0 Å². The number of nitrogens with zero attached hydrogens (tertiary/aromatic N) is 1. The van der Waals surface area contributed by atoms with Gasteiger partial charge in [0.05, 0.1) is 12.1 Å². The molecule has 1 aliphatic heterocycles. The summed E-state index contributed by atoms with van der Waals surface area (Å²) < 4.78 is 0. The molecule has 2 rings (SSSR count). The number of rotatable bonds is 4. The van der Waals surface area contributed by atoms with Gasteiger partial charge >= 0.3 is 0 Å². The summed E-state index contributed by atoms with van der Waals surface area (Å²) in [6.45, 7) is 5.07. The maximum atomic E-state index is 9.37. The van der Waals surface area contributed by atoms with Crippen LogP contribution in [0.1, 0.15) is 18.1 Å². The Bertz CT molecular complexity index is 336. The number of nitrogens with one attached hydrogen (secondary N) is 1. The third-order valence-electron chi connectivity index (χ3n) is 3.43. The molecule has 3 heteroatoms. The molecular weight excluding hydrogens is 200 g/mol. The van der Waals surface area contributed by atoms with E-state index < -0.39 is 0 Å². The number of hydrogen-bond donors (Lipinski definition) is 2. The van der Waals surface area contributed by atoms with Crippen LogP contribution in [0.25, 0.3) is 0 Å². The molecule has 3 nitrogen and oxygen atoms in total. The van der Waals surface area contributed by atoms with Crippen LogP contribution in [0.3, 0.4) is 0 Å². The molecule has 1 atom stereocenters. The Morgan fingerprint density at radius 2 is 1.88 bits per heavy atom. The molecule has 1 unspecified atom stereocenters. The monoisotopic (exact) mass is 220 g/mol. The largest absolute Gasteiger partial charge is 0.394 e. The van der Waals surface area contributed by atoms with Crippen molar-refractivity contribution in [1.82, 2.24) is 10.2 Å². The Morgan fingerprint density at radius 1 is 1.31 bits per heavy atom. The van der Waals surface area contributed by atoms with Crippen molar-refractivity contribution in [2.45, 2.75) is 25.6 Å². The summed E-state index contributed by atoms with van der Waals surface area (Å²) in [6.07, 6.45) is 0. The van der Waals surface area contributed by atoms with E-state index in [1.807, 2.05) is 7.05 Å². The van der Waals surface area contributed by atoms with Crippen LogP contribution in [0.4, 0.5) is 0 Å². The lowest BCUT2D eigenvalue weighted by atomic mass is 10.0. The maximum Gasteiger partial charge on any atom is 0.0623 e. The average Bonchev–Trinajstić information content (AvgIpc) is 2.70. The first-order valence-corrected chi connectivity index (χ1v) is 5.76. The summed E-state index contributed by atoms with van der Waals surface area (Å²) in [4.78, 5) is 2.37. The molecule has 0 saturated heterocycles. The van der Waals surface area contributed by atoms with E-state index in [2.05, 4.69) is 41.4 Å². The minimum atomic E-state index is -0.206. The molecule has 0 fully saturated rings. The summed E-state index contributed by atoms with van der Waals surface area (Å²) in [5, 5.41) is 12.6. The zero-order valence-corrected chi connectivity index (χ0v) is 10.0. The van der Waals surface area contributed by atoms with E-state index in [4.69, 9.17) is 0 Å². The van der Waals surface area contributed by atoms with E-state index in [0.717, 1.165) is 19.6 Å². The van der Waals surface area contributed by atoms with Crippen LogP contribution in [0, 0.1) is 0 Å². The van der Waals surface area contributed by atoms with Crippen molar-refractivity contribution in [1.29, 1.82) is 0 Å². The predicted octanol–water partition coefficient (Wildman–Crippen LogP) is 0.973. The molecule has 1 aromatic rings. The molecule has 16 heavy (non-hydrogen) atoms. The first kappa shape index (κ1) is 11.6. The summed E-state index contributed by atoms with van der Waals surface area (Å²) in [6, 6.07) is 8.55. The van der Waals surface area contributed by atoms with Crippen LogP contribution in [0.5, 0.6) is 0 Å². The van der Waals surface area contributed by atoms with E-state index in [0.29, 0.717) is 0 Å². The lowest BCUT2D eigenvalue weighted by Gasteiger charge is -2.31. The van der Waals surface area contributed by atoms with E-state index >= 15 is 0 Å². The highest BCUT2D eigenvalue weighted by Crippen LogP contribution is 2.23. The van der Waals surface area contributed by atoms with Gasteiger partial charge in [-0.05, 0) is 25.1 Å². The number of likely N-dealkylation sites (N-methyl/N-ethyl adjacent to an activating group) is 1. The van der Waals surface area contributed by atoms with E-state index in [-0.39, 0.29) is 12.1 Å². The van der Waals surface area contributed by atoms with Gasteiger partial charge in [-0.1, -0.05) is 24.3 Å². The predicted molar refractivity (Wildman–Crippen MR) is 65.1 cm³/mol. The summed E-state index contributed by atoms with van der Waals surface area (Å²) in [5.74, 6) is 0. The Morgan fingerprint density at radius 3 is 2.31 bits per heavy atom. The van der Waals surface area contributed by atoms with Crippen molar-refractivity contribution >= 4 is 0 Å². The summed E-state index contributed by atoms with van der Waals surface area (Å²) in [5.41, 5.74) is 2.62. The quantitative estimate of drug-likeness (QED) is 0.794. The van der Waals surface area contributed by atoms with E-state index in [9.17, 15) is 5.11 Å². The van der Waals surface area contributed by atoms with Crippen LogP contribution < -0.4 is 5.32 Å². The number of fused-ring (bicyclic) bond motifs is 1. The van der Waals surface area contributed by atoms with Gasteiger partial charge in [-0.25, -0.2) is 0 Å². The van der Waals surface area contributed by atoms with Crippen LogP contribution >= 0.6 is 0 Å². The minimum Gasteiger partial charge on any atom is -0.394 e. The van der Waals surface area contributed by atoms with Gasteiger partial charge in [0.1, 0.15) is 0 Å². The fourth-order valence-corrected chi connectivity index (χ4v) is 2.22. The van der Waals surface area contributed by atoms with E-state index in [1.54, 1.807) is 0 Å². The maximum absolute atomic E-state index is 9.37. The Kier molecular flexibility index (Phi) is 3.28. The number of aliphatic hydroxyl groups is 1. The fourth-order valence-electron chi connectivity index (χ4n) is 2.22. The van der Waals surface area contributed by atoms with Gasteiger partial charge in [0, 0.05) is 19.6 Å². The molecule has 1 aliphatic rings. The first-order valence-electron chi connectivity index (χ1n) is 5.76. The molecular formula is C13H20N2O. The molecule has 1 heterocycles. The Labute approximate surface area is 97.1 Å². The second-order valence-corrected chi connectivity index (χ2v) is 4.88. The summed E-state index contributed by atoms with van der Waals surface area (Å²) >= 11 is 0. The Hall–Kier alpha value is -0.900. The highest BCUT2D eigenvalue weighted by atomic mass is 16.3. The van der Waals surface area contributed by atoms with E-state index in [1.165, 1.54) is 11.1 Å². The zero-order chi connectivity index (χ0) is 11.6. The van der Waals surface area contributed by atoms with Crippen LogP contribution in [-0.4, -0.2) is 35.7 Å². The molecule has 0 bridgehead atoms. The molecule has 0 saturated carbocycles. The molecule has 0 amide bonds. The highest BCUT2D eigenvalue weighted by molar-refractivity contribution is 5.30. The van der Waals surface area contributed by atoms with Crippen molar-refractivity contribution in [2.24, 2.45) is 0 Å². The minimum absolute atomic E-state index is 0.163. The van der Waals surface area contributed by atoms with Crippen molar-refractivity contribution < 1.29 is 5.11 Å². The lowest BCUT2D eigenvalue weighted by Crippen LogP contribution is -2.51. The van der Waals surface area contributed by atoms with Crippen LogP contribution in [0.15, 0.2) is 24.3 Å². The van der Waals surface area contributed by atoms with Crippen molar-refractivity contribution in [3.05, 3.63) is 35.4 Å². The number of benzene rings is 1. The van der Waals surface area contributed by atoms with Gasteiger partial charge in [-0.15, -0.1) is 0 Å². The smallest absolute Gasteiger partial charge is 0.0623 e. The molecule has 0 aromatic heterocycles. The molecule has 0 aliphatic carbocycles. The SMILES string of the molecule is CNC(C)(CO)CN1Cc2ccccc2C1.